The Balaban J connectivity index is 1.47. The number of aromatic amines is 1. The summed E-state index contributed by atoms with van der Waals surface area (Å²) in [6.07, 6.45) is 3.72. The molecule has 9 nitrogen and oxygen atoms in total. The van der Waals surface area contributed by atoms with Gasteiger partial charge in [0.05, 0.1) is 6.20 Å². The molecular formula is C23H28N6O3. The Morgan fingerprint density at radius 2 is 1.84 bits per heavy atom. The molecule has 2 heterocycles. The molecule has 1 unspecified atom stereocenters. The quantitative estimate of drug-likeness (QED) is 0.497. The van der Waals surface area contributed by atoms with Crippen LogP contribution in [0.1, 0.15) is 61.7 Å². The first-order valence-corrected chi connectivity index (χ1v) is 10.9. The van der Waals surface area contributed by atoms with Crippen LogP contribution in [0.5, 0.6) is 0 Å². The van der Waals surface area contributed by atoms with Crippen molar-refractivity contribution in [2.45, 2.75) is 52.6 Å². The zero-order chi connectivity index (χ0) is 22.8. The third kappa shape index (κ3) is 4.87. The van der Waals surface area contributed by atoms with E-state index >= 15 is 0 Å². The summed E-state index contributed by atoms with van der Waals surface area (Å²) in [5.41, 5.74) is 1.38. The topological polar surface area (TPSA) is 126 Å². The molecule has 2 amide bonds. The highest BCUT2D eigenvalue weighted by atomic mass is 16.4. The second-order valence-corrected chi connectivity index (χ2v) is 8.72. The molecule has 0 radical (unpaired) electrons. The van der Waals surface area contributed by atoms with Crippen molar-refractivity contribution in [2.24, 2.45) is 11.8 Å². The van der Waals surface area contributed by atoms with Gasteiger partial charge in [-0.2, -0.15) is 5.10 Å². The van der Waals surface area contributed by atoms with Crippen molar-refractivity contribution in [1.82, 2.24) is 30.8 Å². The molecule has 1 saturated carbocycles. The van der Waals surface area contributed by atoms with Crippen LogP contribution in [0.2, 0.25) is 0 Å². The molecule has 3 aromatic rings. The van der Waals surface area contributed by atoms with Gasteiger partial charge < -0.3 is 15.1 Å². The van der Waals surface area contributed by atoms with E-state index in [1.165, 1.54) is 6.20 Å². The highest BCUT2D eigenvalue weighted by molar-refractivity contribution is 5.92. The summed E-state index contributed by atoms with van der Waals surface area (Å²) in [5.74, 6) is 1.34. The number of aromatic nitrogens is 4. The fourth-order valence-electron chi connectivity index (χ4n) is 3.23. The summed E-state index contributed by atoms with van der Waals surface area (Å²) in [4.78, 5) is 33.4. The van der Waals surface area contributed by atoms with E-state index in [-0.39, 0.29) is 35.5 Å². The molecule has 3 N–H and O–H groups in total. The standard InChI is InChI=1S/C23H28N6O3/c1-12(2)13(3)25-21(30)18-11-24-23(32-18)17-7-5-6-16(10-17)19-27-20(29-28-19)22(31)26-14(4)15-8-9-15/h5-7,10-15H,8-9H2,1-4H3,(H,25,30)(H,26,31)(H,27,28,29)/t13?,14-/m0/s1. The minimum atomic E-state index is -0.300. The van der Waals surface area contributed by atoms with Crippen LogP contribution in [0.25, 0.3) is 22.8 Å². The molecule has 0 spiro atoms. The Morgan fingerprint density at radius 1 is 1.09 bits per heavy atom. The Bertz CT molecular complexity index is 1040. The lowest BCUT2D eigenvalue weighted by Crippen LogP contribution is -2.35. The molecule has 1 aliphatic carbocycles. The van der Waals surface area contributed by atoms with Crippen LogP contribution in [0.3, 0.4) is 0 Å². The van der Waals surface area contributed by atoms with Crippen molar-refractivity contribution >= 4 is 11.8 Å². The molecule has 2 atom stereocenters. The molecule has 0 saturated heterocycles. The first-order valence-electron chi connectivity index (χ1n) is 10.9. The van der Waals surface area contributed by atoms with E-state index in [0.717, 1.165) is 12.8 Å². The van der Waals surface area contributed by atoms with Gasteiger partial charge in [-0.05, 0) is 50.7 Å². The largest absolute Gasteiger partial charge is 0.431 e. The summed E-state index contributed by atoms with van der Waals surface area (Å²) in [5, 5.41) is 12.7. The summed E-state index contributed by atoms with van der Waals surface area (Å²) >= 11 is 0. The third-order valence-electron chi connectivity index (χ3n) is 5.84. The SMILES string of the molecule is CC(C)C(C)NC(=O)c1cnc(-c2cccc(-c3n[nH]c(C(=O)N[C@@H](C)C4CC4)n3)c2)o1. The first-order chi connectivity index (χ1) is 15.3. The number of hydrogen-bond acceptors (Lipinski definition) is 6. The maximum absolute atomic E-state index is 12.4. The number of H-pyrrole nitrogens is 1. The minimum Gasteiger partial charge on any atom is -0.431 e. The minimum absolute atomic E-state index is 0.0174. The van der Waals surface area contributed by atoms with Crippen LogP contribution < -0.4 is 10.6 Å². The Labute approximate surface area is 186 Å². The molecule has 168 valence electrons. The molecule has 0 aliphatic heterocycles. The number of oxazole rings is 1. The summed E-state index contributed by atoms with van der Waals surface area (Å²) in [6.45, 7) is 8.02. The average molecular weight is 437 g/mol. The van der Waals surface area contributed by atoms with Crippen LogP contribution >= 0.6 is 0 Å². The van der Waals surface area contributed by atoms with E-state index < -0.39 is 0 Å². The van der Waals surface area contributed by atoms with Gasteiger partial charge in [-0.1, -0.05) is 26.0 Å². The van der Waals surface area contributed by atoms with E-state index in [9.17, 15) is 9.59 Å². The van der Waals surface area contributed by atoms with Crippen molar-refractivity contribution in [3.8, 4) is 22.8 Å². The second-order valence-electron chi connectivity index (χ2n) is 8.72. The number of benzene rings is 1. The third-order valence-corrected chi connectivity index (χ3v) is 5.84. The lowest BCUT2D eigenvalue weighted by molar-refractivity contribution is 0.0901. The fraction of sp³-hybridized carbons (Fsp3) is 0.435. The van der Waals surface area contributed by atoms with E-state index in [1.807, 2.05) is 52.0 Å². The van der Waals surface area contributed by atoms with Crippen molar-refractivity contribution < 1.29 is 14.0 Å². The number of nitrogens with zero attached hydrogens (tertiary/aromatic N) is 3. The summed E-state index contributed by atoms with van der Waals surface area (Å²) in [6, 6.07) is 7.43. The molecule has 4 rings (SSSR count). The number of nitrogens with one attached hydrogen (secondary N) is 3. The highest BCUT2D eigenvalue weighted by Gasteiger charge is 2.29. The van der Waals surface area contributed by atoms with E-state index in [0.29, 0.717) is 34.7 Å². The van der Waals surface area contributed by atoms with Gasteiger partial charge in [-0.15, -0.1) is 0 Å². The fourth-order valence-corrected chi connectivity index (χ4v) is 3.23. The van der Waals surface area contributed by atoms with Gasteiger partial charge in [0.1, 0.15) is 0 Å². The highest BCUT2D eigenvalue weighted by Crippen LogP contribution is 2.32. The summed E-state index contributed by atoms with van der Waals surface area (Å²) in [7, 11) is 0. The molecule has 1 aliphatic rings. The van der Waals surface area contributed by atoms with Gasteiger partial charge in [0, 0.05) is 23.2 Å². The maximum Gasteiger partial charge on any atom is 0.288 e. The average Bonchev–Trinajstić information content (AvgIpc) is 3.30. The predicted octanol–water partition coefficient (Wildman–Crippen LogP) is 3.43. The molecular weight excluding hydrogens is 408 g/mol. The first kappa shape index (κ1) is 21.7. The second kappa shape index (κ2) is 8.94. The van der Waals surface area contributed by atoms with Crippen LogP contribution in [-0.2, 0) is 0 Å². The van der Waals surface area contributed by atoms with Crippen molar-refractivity contribution in [1.29, 1.82) is 0 Å². The normalized spacial score (nSPS) is 15.4. The van der Waals surface area contributed by atoms with Gasteiger partial charge in [0.15, 0.2) is 5.82 Å². The molecule has 2 aromatic heterocycles. The van der Waals surface area contributed by atoms with Crippen LogP contribution in [0, 0.1) is 11.8 Å². The Hall–Kier alpha value is -3.49. The summed E-state index contributed by atoms with van der Waals surface area (Å²) < 4.78 is 5.68. The van der Waals surface area contributed by atoms with Crippen molar-refractivity contribution in [2.75, 3.05) is 0 Å². The lowest BCUT2D eigenvalue weighted by Gasteiger charge is -2.16. The molecule has 9 heteroatoms. The van der Waals surface area contributed by atoms with Crippen LogP contribution in [0.4, 0.5) is 0 Å². The molecule has 0 bridgehead atoms. The van der Waals surface area contributed by atoms with E-state index in [4.69, 9.17) is 4.42 Å². The van der Waals surface area contributed by atoms with Crippen molar-refractivity contribution in [3.63, 3.8) is 0 Å². The van der Waals surface area contributed by atoms with Gasteiger partial charge >= 0.3 is 0 Å². The molecule has 1 aromatic carbocycles. The number of carbonyl (C=O) groups is 2. The van der Waals surface area contributed by atoms with E-state index in [1.54, 1.807) is 0 Å². The Morgan fingerprint density at radius 3 is 2.56 bits per heavy atom. The lowest BCUT2D eigenvalue weighted by atomic mass is 10.1. The molecule has 32 heavy (non-hydrogen) atoms. The van der Waals surface area contributed by atoms with Crippen molar-refractivity contribution in [3.05, 3.63) is 42.0 Å². The number of carbonyl (C=O) groups excluding carboxylic acids is 2. The Kier molecular flexibility index (Phi) is 6.07. The zero-order valence-electron chi connectivity index (χ0n) is 18.7. The smallest absolute Gasteiger partial charge is 0.288 e. The van der Waals surface area contributed by atoms with Gasteiger partial charge in [-0.3, -0.25) is 14.7 Å². The number of hydrogen-bond donors (Lipinski definition) is 3. The monoisotopic (exact) mass is 436 g/mol. The van der Waals surface area contributed by atoms with Gasteiger partial charge in [-0.25, -0.2) is 9.97 Å². The maximum atomic E-state index is 12.4. The molecule has 1 fully saturated rings. The van der Waals surface area contributed by atoms with Gasteiger partial charge in [0.2, 0.25) is 17.5 Å². The zero-order valence-corrected chi connectivity index (χ0v) is 18.7. The van der Waals surface area contributed by atoms with Crippen LogP contribution in [0.15, 0.2) is 34.9 Å². The van der Waals surface area contributed by atoms with Crippen LogP contribution in [-0.4, -0.2) is 44.1 Å². The number of rotatable bonds is 8. The van der Waals surface area contributed by atoms with E-state index in [2.05, 4.69) is 30.8 Å². The predicted molar refractivity (Wildman–Crippen MR) is 119 cm³/mol. The number of amides is 2. The van der Waals surface area contributed by atoms with Gasteiger partial charge in [0.25, 0.3) is 11.8 Å².